The zero-order valence-electron chi connectivity index (χ0n) is 11.0. The Hall–Kier alpha value is -2.03. The molecule has 2 aromatic rings. The average Bonchev–Trinajstić information content (AvgIpc) is 2.39. The van der Waals surface area contributed by atoms with Gasteiger partial charge in [-0.3, -0.25) is 4.98 Å². The average molecular weight is 242 g/mol. The number of aromatic nitrogens is 1. The van der Waals surface area contributed by atoms with Crippen LogP contribution in [0.1, 0.15) is 24.1 Å². The van der Waals surface area contributed by atoms with Gasteiger partial charge in [0.1, 0.15) is 5.75 Å². The van der Waals surface area contributed by atoms with Crippen molar-refractivity contribution in [2.24, 2.45) is 0 Å². The predicted molar refractivity (Wildman–Crippen MR) is 74.0 cm³/mol. The molecule has 0 amide bonds. The Kier molecular flexibility index (Phi) is 3.82. The Labute approximate surface area is 108 Å². The molecule has 1 aromatic heterocycles. The summed E-state index contributed by atoms with van der Waals surface area (Å²) in [4.78, 5) is 4.18. The van der Waals surface area contributed by atoms with E-state index >= 15 is 0 Å². The second-order valence-electron chi connectivity index (χ2n) is 4.39. The van der Waals surface area contributed by atoms with Crippen molar-refractivity contribution in [2.45, 2.75) is 19.9 Å². The molecule has 1 heterocycles. The van der Waals surface area contributed by atoms with Gasteiger partial charge in [-0.2, -0.15) is 0 Å². The largest absolute Gasteiger partial charge is 0.497 e. The van der Waals surface area contributed by atoms with Crippen LogP contribution in [-0.2, 0) is 0 Å². The molecule has 0 aliphatic rings. The first-order valence-corrected chi connectivity index (χ1v) is 6.01. The lowest BCUT2D eigenvalue weighted by atomic mass is 10.1. The molecule has 0 spiro atoms. The lowest BCUT2D eigenvalue weighted by molar-refractivity contribution is 0.414. The van der Waals surface area contributed by atoms with Crippen molar-refractivity contribution < 1.29 is 4.74 Å². The van der Waals surface area contributed by atoms with E-state index < -0.39 is 0 Å². The molecule has 1 N–H and O–H groups in total. The Morgan fingerprint density at radius 2 is 2.06 bits per heavy atom. The highest BCUT2D eigenvalue weighted by Crippen LogP contribution is 2.22. The molecule has 0 radical (unpaired) electrons. The Morgan fingerprint density at radius 3 is 2.78 bits per heavy atom. The van der Waals surface area contributed by atoms with Crippen LogP contribution in [0.25, 0.3) is 0 Å². The maximum Gasteiger partial charge on any atom is 0.119 e. The number of ether oxygens (including phenoxy) is 1. The van der Waals surface area contributed by atoms with Crippen LogP contribution in [0.15, 0.2) is 42.7 Å². The van der Waals surface area contributed by atoms with E-state index in [1.807, 2.05) is 37.5 Å². The lowest BCUT2D eigenvalue weighted by Crippen LogP contribution is -2.07. The molecular weight excluding hydrogens is 224 g/mol. The van der Waals surface area contributed by atoms with Crippen LogP contribution in [-0.4, -0.2) is 12.1 Å². The van der Waals surface area contributed by atoms with Gasteiger partial charge in [0.2, 0.25) is 0 Å². The van der Waals surface area contributed by atoms with Gasteiger partial charge in [0, 0.05) is 18.4 Å². The third-order valence-electron chi connectivity index (χ3n) is 2.85. The third-order valence-corrected chi connectivity index (χ3v) is 2.85. The summed E-state index contributed by atoms with van der Waals surface area (Å²) in [5, 5.41) is 3.43. The van der Waals surface area contributed by atoms with E-state index in [2.05, 4.69) is 29.4 Å². The van der Waals surface area contributed by atoms with Gasteiger partial charge >= 0.3 is 0 Å². The molecule has 18 heavy (non-hydrogen) atoms. The van der Waals surface area contributed by atoms with E-state index in [4.69, 9.17) is 4.74 Å². The molecule has 1 aromatic carbocycles. The minimum atomic E-state index is 0.212. The van der Waals surface area contributed by atoms with E-state index in [1.54, 1.807) is 7.11 Å². The van der Waals surface area contributed by atoms with Crippen molar-refractivity contribution in [1.82, 2.24) is 4.98 Å². The molecule has 0 aliphatic heterocycles. The van der Waals surface area contributed by atoms with Crippen molar-refractivity contribution in [3.8, 4) is 5.75 Å². The van der Waals surface area contributed by atoms with E-state index in [-0.39, 0.29) is 6.04 Å². The minimum Gasteiger partial charge on any atom is -0.497 e. The summed E-state index contributed by atoms with van der Waals surface area (Å²) in [7, 11) is 1.68. The molecule has 3 heteroatoms. The van der Waals surface area contributed by atoms with Crippen LogP contribution in [0, 0.1) is 6.92 Å². The Morgan fingerprint density at radius 1 is 1.22 bits per heavy atom. The fourth-order valence-corrected chi connectivity index (χ4v) is 1.88. The number of hydrogen-bond acceptors (Lipinski definition) is 3. The van der Waals surface area contributed by atoms with Crippen LogP contribution in [0.3, 0.4) is 0 Å². The van der Waals surface area contributed by atoms with Crippen LogP contribution < -0.4 is 10.1 Å². The summed E-state index contributed by atoms with van der Waals surface area (Å²) in [5.74, 6) is 0.878. The molecule has 1 unspecified atom stereocenters. The van der Waals surface area contributed by atoms with Crippen LogP contribution in [0.5, 0.6) is 5.75 Å². The van der Waals surface area contributed by atoms with Gasteiger partial charge in [0.15, 0.2) is 0 Å². The van der Waals surface area contributed by atoms with E-state index in [1.165, 1.54) is 5.56 Å². The van der Waals surface area contributed by atoms with Crippen molar-refractivity contribution in [3.63, 3.8) is 0 Å². The fraction of sp³-hybridized carbons (Fsp3) is 0.267. The Balaban J connectivity index is 2.13. The number of pyridine rings is 1. The molecular formula is C15H18N2O. The number of aryl methyl sites for hydroxylation is 1. The van der Waals surface area contributed by atoms with Crippen molar-refractivity contribution >= 4 is 5.69 Å². The van der Waals surface area contributed by atoms with Gasteiger partial charge < -0.3 is 10.1 Å². The zero-order valence-corrected chi connectivity index (χ0v) is 11.0. The van der Waals surface area contributed by atoms with Crippen LogP contribution in [0.4, 0.5) is 5.69 Å². The monoisotopic (exact) mass is 242 g/mol. The second-order valence-corrected chi connectivity index (χ2v) is 4.39. The molecule has 94 valence electrons. The summed E-state index contributed by atoms with van der Waals surface area (Å²) in [6, 6.07) is 10.4. The lowest BCUT2D eigenvalue weighted by Gasteiger charge is -2.16. The summed E-state index contributed by atoms with van der Waals surface area (Å²) in [6.07, 6.45) is 3.69. The molecule has 0 bridgehead atoms. The quantitative estimate of drug-likeness (QED) is 0.890. The van der Waals surface area contributed by atoms with Crippen molar-refractivity contribution in [2.75, 3.05) is 12.4 Å². The van der Waals surface area contributed by atoms with Gasteiger partial charge in [0.25, 0.3) is 0 Å². The summed E-state index contributed by atoms with van der Waals surface area (Å²) in [5.41, 5.74) is 3.37. The maximum atomic E-state index is 5.23. The smallest absolute Gasteiger partial charge is 0.119 e. The van der Waals surface area contributed by atoms with Gasteiger partial charge in [-0.05, 0) is 43.2 Å². The molecule has 1 atom stereocenters. The number of anilines is 1. The zero-order chi connectivity index (χ0) is 13.0. The Bertz CT molecular complexity index is 525. The van der Waals surface area contributed by atoms with Crippen LogP contribution in [0.2, 0.25) is 0 Å². The molecule has 0 fully saturated rings. The number of hydrogen-bond donors (Lipinski definition) is 1. The van der Waals surface area contributed by atoms with Gasteiger partial charge in [-0.15, -0.1) is 0 Å². The third kappa shape index (κ3) is 3.00. The number of nitrogens with zero attached hydrogens (tertiary/aromatic N) is 1. The molecule has 2 rings (SSSR count). The first-order chi connectivity index (χ1) is 8.69. The summed E-state index contributed by atoms with van der Waals surface area (Å²) >= 11 is 0. The maximum absolute atomic E-state index is 5.23. The highest BCUT2D eigenvalue weighted by atomic mass is 16.5. The fourth-order valence-electron chi connectivity index (χ4n) is 1.88. The SMILES string of the molecule is COc1cccc(C(C)Nc2cncc(C)c2)c1. The number of rotatable bonds is 4. The van der Waals surface area contributed by atoms with Crippen molar-refractivity contribution in [3.05, 3.63) is 53.9 Å². The minimum absolute atomic E-state index is 0.212. The van der Waals surface area contributed by atoms with E-state index in [9.17, 15) is 0 Å². The number of benzene rings is 1. The summed E-state index contributed by atoms with van der Waals surface area (Å²) in [6.45, 7) is 4.16. The first-order valence-electron chi connectivity index (χ1n) is 6.01. The normalized spacial score (nSPS) is 11.9. The van der Waals surface area contributed by atoms with Crippen molar-refractivity contribution in [1.29, 1.82) is 0 Å². The molecule has 3 nitrogen and oxygen atoms in total. The topological polar surface area (TPSA) is 34.1 Å². The van der Waals surface area contributed by atoms with E-state index in [0.29, 0.717) is 0 Å². The second kappa shape index (κ2) is 5.54. The number of methoxy groups -OCH3 is 1. The molecule has 0 saturated carbocycles. The highest BCUT2D eigenvalue weighted by Gasteiger charge is 2.06. The first kappa shape index (κ1) is 12.4. The number of nitrogens with one attached hydrogen (secondary N) is 1. The standard InChI is InChI=1S/C15H18N2O/c1-11-7-14(10-16-9-11)17-12(2)13-5-4-6-15(8-13)18-3/h4-10,12,17H,1-3H3. The molecule has 0 saturated heterocycles. The summed E-state index contributed by atoms with van der Waals surface area (Å²) < 4.78 is 5.23. The predicted octanol–water partition coefficient (Wildman–Crippen LogP) is 3.57. The van der Waals surface area contributed by atoms with Gasteiger partial charge in [-0.1, -0.05) is 12.1 Å². The highest BCUT2D eigenvalue weighted by molar-refractivity contribution is 5.45. The van der Waals surface area contributed by atoms with Gasteiger partial charge in [-0.25, -0.2) is 0 Å². The molecule has 0 aliphatic carbocycles. The van der Waals surface area contributed by atoms with Gasteiger partial charge in [0.05, 0.1) is 12.8 Å². The van der Waals surface area contributed by atoms with Crippen LogP contribution >= 0.6 is 0 Å². The van der Waals surface area contributed by atoms with E-state index in [0.717, 1.165) is 17.0 Å².